The number of rotatable bonds is 10. The van der Waals surface area contributed by atoms with Gasteiger partial charge in [0.15, 0.2) is 11.5 Å². The molecular formula is C17H25NO7. The summed E-state index contributed by atoms with van der Waals surface area (Å²) in [6, 6.07) is 2.40. The summed E-state index contributed by atoms with van der Waals surface area (Å²) in [5.74, 6) is -0.0283. The Morgan fingerprint density at radius 1 is 1.12 bits per heavy atom. The molecule has 8 nitrogen and oxygen atoms in total. The Bertz CT molecular complexity index is 589. The molecule has 0 aromatic heterocycles. The third kappa shape index (κ3) is 5.74. The van der Waals surface area contributed by atoms with Crippen LogP contribution < -0.4 is 19.5 Å². The molecule has 0 aliphatic heterocycles. The normalized spacial score (nSPS) is 11.4. The third-order valence-corrected chi connectivity index (χ3v) is 3.51. The lowest BCUT2D eigenvalue weighted by Gasteiger charge is -2.22. The maximum absolute atomic E-state index is 11.9. The number of amides is 1. The van der Waals surface area contributed by atoms with Crippen molar-refractivity contribution in [3.8, 4) is 17.2 Å². The molecule has 1 aromatic carbocycles. The molecule has 140 valence electrons. The quantitative estimate of drug-likeness (QED) is 0.622. The molecule has 1 rings (SSSR count). The van der Waals surface area contributed by atoms with Gasteiger partial charge in [0.25, 0.3) is 0 Å². The minimum absolute atomic E-state index is 0.269. The van der Waals surface area contributed by atoms with Gasteiger partial charge in [-0.3, -0.25) is 4.79 Å². The van der Waals surface area contributed by atoms with E-state index < -0.39 is 18.1 Å². The molecule has 0 fully saturated rings. The highest BCUT2D eigenvalue weighted by atomic mass is 16.5. The minimum Gasteiger partial charge on any atom is -0.493 e. The fourth-order valence-electron chi connectivity index (χ4n) is 2.31. The van der Waals surface area contributed by atoms with Gasteiger partial charge in [0.1, 0.15) is 0 Å². The molecule has 0 bridgehead atoms. The molecule has 2 N–H and O–H groups in total. The largest absolute Gasteiger partial charge is 0.493 e. The van der Waals surface area contributed by atoms with Gasteiger partial charge in [-0.05, 0) is 18.6 Å². The second-order valence-electron chi connectivity index (χ2n) is 5.21. The van der Waals surface area contributed by atoms with E-state index >= 15 is 0 Å². The van der Waals surface area contributed by atoms with Gasteiger partial charge in [-0.1, -0.05) is 13.3 Å². The Kier molecular flexibility index (Phi) is 8.38. The summed E-state index contributed by atoms with van der Waals surface area (Å²) in [6.07, 6.45) is 0.595. The van der Waals surface area contributed by atoms with E-state index in [9.17, 15) is 14.7 Å². The molecule has 0 spiro atoms. The molecule has 1 aromatic rings. The van der Waals surface area contributed by atoms with Crippen LogP contribution in [0.15, 0.2) is 12.1 Å². The molecule has 1 atom stereocenters. The molecule has 0 saturated carbocycles. The van der Waals surface area contributed by atoms with Gasteiger partial charge < -0.3 is 29.4 Å². The number of alkyl carbamates (subject to hydrolysis) is 1. The number of nitrogens with one attached hydrogen (secondary N) is 1. The second-order valence-corrected chi connectivity index (χ2v) is 5.21. The smallest absolute Gasteiger partial charge is 0.407 e. The molecule has 8 heteroatoms. The highest BCUT2D eigenvalue weighted by molar-refractivity contribution is 5.73. The monoisotopic (exact) mass is 355 g/mol. The van der Waals surface area contributed by atoms with Crippen LogP contribution in [0.5, 0.6) is 17.2 Å². The van der Waals surface area contributed by atoms with Crippen molar-refractivity contribution in [2.75, 3.05) is 27.9 Å². The van der Waals surface area contributed by atoms with E-state index in [4.69, 9.17) is 18.9 Å². The first-order chi connectivity index (χ1) is 12.0. The number of carbonyl (C=O) groups is 2. The molecule has 0 heterocycles. The standard InChI is InChI=1S/C17H25NO7/c1-5-6-9-25-17(21)18-12(10-14(19)20)11-7-8-13(22-2)16(24-4)15(11)23-3/h7-8,12H,5-6,9-10H2,1-4H3,(H,18,21)(H,19,20). The van der Waals surface area contributed by atoms with Crippen molar-refractivity contribution in [1.29, 1.82) is 0 Å². The fraction of sp³-hybridized carbons (Fsp3) is 0.529. The van der Waals surface area contributed by atoms with Crippen LogP contribution in [-0.2, 0) is 9.53 Å². The van der Waals surface area contributed by atoms with Crippen molar-refractivity contribution in [3.63, 3.8) is 0 Å². The number of hydrogen-bond acceptors (Lipinski definition) is 6. The van der Waals surface area contributed by atoms with Crippen molar-refractivity contribution < 1.29 is 33.6 Å². The van der Waals surface area contributed by atoms with Gasteiger partial charge >= 0.3 is 12.1 Å². The summed E-state index contributed by atoms with van der Waals surface area (Å²) in [7, 11) is 4.36. The first kappa shape index (κ1) is 20.4. The van der Waals surface area contributed by atoms with Crippen LogP contribution in [0.25, 0.3) is 0 Å². The lowest BCUT2D eigenvalue weighted by atomic mass is 10.0. The first-order valence-corrected chi connectivity index (χ1v) is 7.92. The zero-order chi connectivity index (χ0) is 18.8. The average Bonchev–Trinajstić information content (AvgIpc) is 2.59. The Balaban J connectivity index is 3.13. The number of ether oxygens (including phenoxy) is 4. The molecule has 0 radical (unpaired) electrons. The topological polar surface area (TPSA) is 103 Å². The number of benzene rings is 1. The summed E-state index contributed by atoms with van der Waals surface area (Å²) < 4.78 is 20.9. The van der Waals surface area contributed by atoms with E-state index in [1.165, 1.54) is 21.3 Å². The maximum Gasteiger partial charge on any atom is 0.407 e. The number of unbranched alkanes of at least 4 members (excludes halogenated alkanes) is 1. The molecule has 0 aliphatic rings. The second kappa shape index (κ2) is 10.3. The lowest BCUT2D eigenvalue weighted by molar-refractivity contribution is -0.137. The fourth-order valence-corrected chi connectivity index (χ4v) is 2.31. The van der Waals surface area contributed by atoms with Gasteiger partial charge in [0.05, 0.1) is 40.4 Å². The summed E-state index contributed by atoms with van der Waals surface area (Å²) in [5.41, 5.74) is 0.454. The van der Waals surface area contributed by atoms with Crippen molar-refractivity contribution in [3.05, 3.63) is 17.7 Å². The zero-order valence-corrected chi connectivity index (χ0v) is 15.0. The van der Waals surface area contributed by atoms with Crippen LogP contribution in [0, 0.1) is 0 Å². The van der Waals surface area contributed by atoms with Crippen molar-refractivity contribution in [1.82, 2.24) is 5.32 Å². The van der Waals surface area contributed by atoms with Gasteiger partial charge in [-0.2, -0.15) is 0 Å². The zero-order valence-electron chi connectivity index (χ0n) is 15.0. The van der Waals surface area contributed by atoms with Gasteiger partial charge in [0, 0.05) is 5.56 Å². The summed E-state index contributed by atoms with van der Waals surface area (Å²) >= 11 is 0. The van der Waals surface area contributed by atoms with Gasteiger partial charge in [-0.15, -0.1) is 0 Å². The van der Waals surface area contributed by atoms with Crippen LogP contribution >= 0.6 is 0 Å². The number of carbonyl (C=O) groups excluding carboxylic acids is 1. The molecule has 0 saturated heterocycles. The Labute approximate surface area is 147 Å². The molecule has 0 aliphatic carbocycles. The number of carboxylic acids is 1. The van der Waals surface area contributed by atoms with E-state index in [0.29, 0.717) is 22.8 Å². The Morgan fingerprint density at radius 3 is 2.32 bits per heavy atom. The van der Waals surface area contributed by atoms with Crippen LogP contribution in [0.3, 0.4) is 0 Å². The Morgan fingerprint density at radius 2 is 1.80 bits per heavy atom. The van der Waals surface area contributed by atoms with E-state index in [0.717, 1.165) is 12.8 Å². The Hall–Kier alpha value is -2.64. The van der Waals surface area contributed by atoms with Gasteiger partial charge in [0.2, 0.25) is 5.75 Å². The van der Waals surface area contributed by atoms with E-state index in [-0.39, 0.29) is 13.0 Å². The van der Waals surface area contributed by atoms with Crippen LogP contribution in [0.2, 0.25) is 0 Å². The average molecular weight is 355 g/mol. The number of hydrogen-bond donors (Lipinski definition) is 2. The molecule has 25 heavy (non-hydrogen) atoms. The van der Waals surface area contributed by atoms with Crippen LogP contribution in [0.1, 0.15) is 37.8 Å². The number of carboxylic acid groups (broad SMARTS) is 1. The predicted molar refractivity (Wildman–Crippen MR) is 90.5 cm³/mol. The van der Waals surface area contributed by atoms with Crippen molar-refractivity contribution in [2.24, 2.45) is 0 Å². The van der Waals surface area contributed by atoms with Gasteiger partial charge in [-0.25, -0.2) is 4.79 Å². The highest BCUT2D eigenvalue weighted by Crippen LogP contribution is 2.42. The maximum atomic E-state index is 11.9. The third-order valence-electron chi connectivity index (χ3n) is 3.51. The summed E-state index contributed by atoms with van der Waals surface area (Å²) in [4.78, 5) is 23.2. The molecular weight excluding hydrogens is 330 g/mol. The van der Waals surface area contributed by atoms with Crippen LogP contribution in [0.4, 0.5) is 4.79 Å². The highest BCUT2D eigenvalue weighted by Gasteiger charge is 2.26. The molecule has 1 unspecified atom stereocenters. The predicted octanol–water partition coefficient (Wildman–Crippen LogP) is 2.75. The molecule has 1 amide bonds. The van der Waals surface area contributed by atoms with Crippen molar-refractivity contribution >= 4 is 12.1 Å². The SMILES string of the molecule is CCCCOC(=O)NC(CC(=O)O)c1ccc(OC)c(OC)c1OC. The van der Waals surface area contributed by atoms with E-state index in [1.807, 2.05) is 6.92 Å². The van der Waals surface area contributed by atoms with E-state index in [1.54, 1.807) is 12.1 Å². The number of aliphatic carboxylic acids is 1. The van der Waals surface area contributed by atoms with Crippen molar-refractivity contribution in [2.45, 2.75) is 32.2 Å². The summed E-state index contributed by atoms with van der Waals surface area (Å²) in [5, 5.41) is 11.7. The van der Waals surface area contributed by atoms with E-state index in [2.05, 4.69) is 5.32 Å². The van der Waals surface area contributed by atoms with Crippen LogP contribution in [-0.4, -0.2) is 45.1 Å². The number of methoxy groups -OCH3 is 3. The first-order valence-electron chi connectivity index (χ1n) is 7.92. The summed E-state index contributed by atoms with van der Waals surface area (Å²) in [6.45, 7) is 2.24. The minimum atomic E-state index is -1.07. The lowest BCUT2D eigenvalue weighted by Crippen LogP contribution is -2.31.